The Balaban J connectivity index is 0. The first-order valence-electron chi connectivity index (χ1n) is 3.68. The highest BCUT2D eigenvalue weighted by Crippen LogP contribution is 1.84. The van der Waals surface area contributed by atoms with E-state index in [-0.39, 0.29) is 12.4 Å². The van der Waals surface area contributed by atoms with Crippen molar-refractivity contribution in [2.24, 2.45) is 0 Å². The van der Waals surface area contributed by atoms with Crippen molar-refractivity contribution in [1.82, 2.24) is 5.32 Å². The summed E-state index contributed by atoms with van der Waals surface area (Å²) in [7, 11) is 0. The van der Waals surface area contributed by atoms with E-state index in [1.54, 1.807) is 0 Å². The number of unbranched alkanes of at least 4 members (excludes halogenated alkanes) is 1. The van der Waals surface area contributed by atoms with Crippen molar-refractivity contribution in [1.29, 1.82) is 0 Å². The third-order valence-electron chi connectivity index (χ3n) is 1.19. The zero-order valence-corrected chi connectivity index (χ0v) is 8.10. The van der Waals surface area contributed by atoms with E-state index in [1.165, 1.54) is 12.8 Å². The molecule has 0 aromatic rings. The normalized spacial score (nSPS) is 9.00. The van der Waals surface area contributed by atoms with E-state index in [9.17, 15) is 0 Å². The van der Waals surface area contributed by atoms with Gasteiger partial charge in [0.05, 0.1) is 0 Å². The number of hydrogen-bond donors (Lipinski definition) is 1. The molecule has 0 aliphatic rings. The fourth-order valence-electron chi connectivity index (χ4n) is 0.619. The summed E-state index contributed by atoms with van der Waals surface area (Å²) in [5.74, 6) is 0.777. The van der Waals surface area contributed by atoms with Gasteiger partial charge in [-0.25, -0.2) is 0 Å². The second-order valence-electron chi connectivity index (χ2n) is 2.15. The molecule has 3 heteroatoms. The van der Waals surface area contributed by atoms with Crippen LogP contribution in [0.4, 0.5) is 0 Å². The molecule has 0 atom stereocenters. The molecule has 0 unspecified atom stereocenters. The lowest BCUT2D eigenvalue weighted by Crippen LogP contribution is -2.16. The maximum Gasteiger partial charge on any atom is 0.0235 e. The summed E-state index contributed by atoms with van der Waals surface area (Å²) < 4.78 is 0. The monoisotopic (exact) mass is 185 g/mol. The zero-order chi connectivity index (χ0) is 6.95. The molecular formula is C7H17Cl2N. The van der Waals surface area contributed by atoms with Crippen LogP contribution in [0.3, 0.4) is 0 Å². The van der Waals surface area contributed by atoms with Crippen molar-refractivity contribution in [3.05, 3.63) is 0 Å². The van der Waals surface area contributed by atoms with Crippen LogP contribution in [0.15, 0.2) is 0 Å². The lowest BCUT2D eigenvalue weighted by molar-refractivity contribution is 0.634. The van der Waals surface area contributed by atoms with Crippen LogP contribution in [0.25, 0.3) is 0 Å². The molecular weight excluding hydrogens is 169 g/mol. The van der Waals surface area contributed by atoms with Gasteiger partial charge in [0.15, 0.2) is 0 Å². The molecule has 0 saturated carbocycles. The molecule has 10 heavy (non-hydrogen) atoms. The average Bonchev–Trinajstić information content (AvgIpc) is 1.89. The van der Waals surface area contributed by atoms with Gasteiger partial charge >= 0.3 is 0 Å². The quantitative estimate of drug-likeness (QED) is 0.496. The summed E-state index contributed by atoms with van der Waals surface area (Å²) >= 11 is 5.47. The molecule has 0 spiro atoms. The third kappa shape index (κ3) is 11.4. The predicted octanol–water partition coefficient (Wildman–Crippen LogP) is 2.43. The Morgan fingerprint density at radius 1 is 1.20 bits per heavy atom. The first-order valence-corrected chi connectivity index (χ1v) is 4.22. The summed E-state index contributed by atoms with van der Waals surface area (Å²) in [4.78, 5) is 0. The highest BCUT2D eigenvalue weighted by Gasteiger charge is 1.84. The van der Waals surface area contributed by atoms with Gasteiger partial charge in [0.1, 0.15) is 0 Å². The average molecular weight is 186 g/mol. The number of hydrogen-bond acceptors (Lipinski definition) is 1. The van der Waals surface area contributed by atoms with Crippen LogP contribution < -0.4 is 5.32 Å². The van der Waals surface area contributed by atoms with E-state index < -0.39 is 0 Å². The van der Waals surface area contributed by atoms with Crippen LogP contribution in [0.5, 0.6) is 0 Å². The van der Waals surface area contributed by atoms with Gasteiger partial charge in [0.25, 0.3) is 0 Å². The lowest BCUT2D eigenvalue weighted by atomic mass is 10.3. The first-order chi connectivity index (χ1) is 4.41. The minimum atomic E-state index is 0. The minimum absolute atomic E-state index is 0. The minimum Gasteiger partial charge on any atom is -0.317 e. The first kappa shape index (κ1) is 13.2. The van der Waals surface area contributed by atoms with E-state index in [4.69, 9.17) is 11.6 Å². The van der Waals surface area contributed by atoms with Crippen molar-refractivity contribution in [2.75, 3.05) is 19.0 Å². The molecule has 64 valence electrons. The van der Waals surface area contributed by atoms with Crippen LogP contribution in [-0.2, 0) is 0 Å². The smallest absolute Gasteiger partial charge is 0.0235 e. The Labute approximate surface area is 74.9 Å². The van der Waals surface area contributed by atoms with E-state index >= 15 is 0 Å². The molecule has 0 aromatic heterocycles. The summed E-state index contributed by atoms with van der Waals surface area (Å²) in [6.07, 6.45) is 3.64. The molecule has 0 bridgehead atoms. The largest absolute Gasteiger partial charge is 0.317 e. The summed E-state index contributed by atoms with van der Waals surface area (Å²) in [6.45, 7) is 4.42. The molecule has 0 radical (unpaired) electrons. The van der Waals surface area contributed by atoms with Crippen molar-refractivity contribution < 1.29 is 0 Å². The van der Waals surface area contributed by atoms with Crippen LogP contribution in [-0.4, -0.2) is 19.0 Å². The number of alkyl halides is 1. The Kier molecular flexibility index (Phi) is 16.1. The van der Waals surface area contributed by atoms with E-state index in [2.05, 4.69) is 12.2 Å². The molecule has 0 saturated heterocycles. The van der Waals surface area contributed by atoms with Gasteiger partial charge < -0.3 is 5.32 Å². The van der Waals surface area contributed by atoms with Gasteiger partial charge in [-0.15, -0.1) is 24.0 Å². The van der Waals surface area contributed by atoms with E-state index in [1.807, 2.05) is 0 Å². The second-order valence-corrected chi connectivity index (χ2v) is 2.52. The van der Waals surface area contributed by atoms with Gasteiger partial charge in [-0.2, -0.15) is 0 Å². The number of nitrogens with one attached hydrogen (secondary N) is 1. The fraction of sp³-hybridized carbons (Fsp3) is 1.00. The summed E-state index contributed by atoms with van der Waals surface area (Å²) in [5, 5.41) is 3.30. The maximum atomic E-state index is 5.47. The van der Waals surface area contributed by atoms with Crippen LogP contribution in [0.1, 0.15) is 26.2 Å². The van der Waals surface area contributed by atoms with E-state index in [0.717, 1.165) is 25.4 Å². The SMILES string of the molecule is CCCCNCCCCl.Cl. The van der Waals surface area contributed by atoms with Crippen molar-refractivity contribution in [3.8, 4) is 0 Å². The summed E-state index contributed by atoms with van der Waals surface area (Å²) in [5.41, 5.74) is 0. The third-order valence-corrected chi connectivity index (χ3v) is 1.46. The van der Waals surface area contributed by atoms with Gasteiger partial charge in [0.2, 0.25) is 0 Å². The second kappa shape index (κ2) is 12.2. The molecule has 0 rings (SSSR count). The van der Waals surface area contributed by atoms with E-state index in [0.29, 0.717) is 0 Å². The molecule has 1 nitrogen and oxygen atoms in total. The van der Waals surface area contributed by atoms with Crippen molar-refractivity contribution >= 4 is 24.0 Å². The molecule has 0 aliphatic heterocycles. The molecule has 0 aromatic carbocycles. The Morgan fingerprint density at radius 2 is 1.80 bits per heavy atom. The Bertz CT molecular complexity index is 44.9. The maximum absolute atomic E-state index is 5.47. The molecule has 1 N–H and O–H groups in total. The zero-order valence-electron chi connectivity index (χ0n) is 6.53. The highest BCUT2D eigenvalue weighted by molar-refractivity contribution is 6.17. The van der Waals surface area contributed by atoms with Crippen LogP contribution >= 0.6 is 24.0 Å². The van der Waals surface area contributed by atoms with Gasteiger partial charge in [-0.3, -0.25) is 0 Å². The topological polar surface area (TPSA) is 12.0 Å². The molecule has 0 amide bonds. The molecule has 0 aliphatic carbocycles. The standard InChI is InChI=1S/C7H16ClN.ClH/c1-2-3-6-9-7-4-5-8;/h9H,2-7H2,1H3;1H. The highest BCUT2D eigenvalue weighted by atomic mass is 35.5. The van der Waals surface area contributed by atoms with Crippen molar-refractivity contribution in [2.45, 2.75) is 26.2 Å². The van der Waals surface area contributed by atoms with Gasteiger partial charge in [-0.1, -0.05) is 13.3 Å². The number of halogens is 2. The van der Waals surface area contributed by atoms with Crippen LogP contribution in [0.2, 0.25) is 0 Å². The number of rotatable bonds is 6. The lowest BCUT2D eigenvalue weighted by Gasteiger charge is -1.99. The van der Waals surface area contributed by atoms with Gasteiger partial charge in [-0.05, 0) is 25.9 Å². The fourth-order valence-corrected chi connectivity index (χ4v) is 0.752. The van der Waals surface area contributed by atoms with Crippen LogP contribution in [0, 0.1) is 0 Å². The predicted molar refractivity (Wildman–Crippen MR) is 50.4 cm³/mol. The Morgan fingerprint density at radius 3 is 2.30 bits per heavy atom. The van der Waals surface area contributed by atoms with Crippen molar-refractivity contribution in [3.63, 3.8) is 0 Å². The summed E-state index contributed by atoms with van der Waals surface area (Å²) in [6, 6.07) is 0. The Hall–Kier alpha value is 0.540. The molecule has 0 heterocycles. The van der Waals surface area contributed by atoms with Gasteiger partial charge in [0, 0.05) is 5.88 Å². The molecule has 0 fully saturated rings.